The summed E-state index contributed by atoms with van der Waals surface area (Å²) in [5.41, 5.74) is 1.17. The van der Waals surface area contributed by atoms with Gasteiger partial charge in [-0.05, 0) is 58.1 Å². The maximum atomic E-state index is 12.2. The molecule has 138 valence electrons. The molecule has 1 aromatic carbocycles. The van der Waals surface area contributed by atoms with Crippen molar-refractivity contribution in [3.63, 3.8) is 0 Å². The minimum atomic E-state index is -0.358. The average molecular weight is 347 g/mol. The molecule has 25 heavy (non-hydrogen) atoms. The first-order chi connectivity index (χ1) is 12.0. The van der Waals surface area contributed by atoms with Gasteiger partial charge in [0.05, 0.1) is 12.2 Å². The van der Waals surface area contributed by atoms with Crippen LogP contribution in [0.1, 0.15) is 49.4 Å². The van der Waals surface area contributed by atoms with E-state index < -0.39 is 0 Å². The van der Waals surface area contributed by atoms with Gasteiger partial charge in [-0.25, -0.2) is 9.59 Å². The van der Waals surface area contributed by atoms with Crippen LogP contribution in [0.2, 0.25) is 0 Å². The molecule has 0 heterocycles. The number of nitrogens with one attached hydrogen (secondary N) is 2. The van der Waals surface area contributed by atoms with Crippen molar-refractivity contribution in [3.8, 4) is 0 Å². The Balaban J connectivity index is 1.88. The average Bonchev–Trinajstić information content (AvgIpc) is 2.61. The van der Waals surface area contributed by atoms with Crippen LogP contribution < -0.4 is 10.6 Å². The van der Waals surface area contributed by atoms with Gasteiger partial charge in [0.2, 0.25) is 0 Å². The molecule has 0 atom stereocenters. The van der Waals surface area contributed by atoms with E-state index in [1.54, 1.807) is 31.2 Å². The van der Waals surface area contributed by atoms with Crippen molar-refractivity contribution in [2.24, 2.45) is 0 Å². The highest BCUT2D eigenvalue weighted by molar-refractivity contribution is 5.92. The van der Waals surface area contributed by atoms with Crippen molar-refractivity contribution >= 4 is 17.7 Å². The predicted molar refractivity (Wildman–Crippen MR) is 98.9 cm³/mol. The number of hydrogen-bond acceptors (Lipinski definition) is 4. The number of anilines is 1. The molecule has 2 rings (SSSR count). The van der Waals surface area contributed by atoms with Crippen molar-refractivity contribution < 1.29 is 14.3 Å². The van der Waals surface area contributed by atoms with Crippen LogP contribution in [0.3, 0.4) is 0 Å². The van der Waals surface area contributed by atoms with E-state index in [0.29, 0.717) is 24.4 Å². The van der Waals surface area contributed by atoms with Gasteiger partial charge in [0.15, 0.2) is 0 Å². The number of nitrogens with zero attached hydrogens (tertiary/aromatic N) is 1. The number of likely N-dealkylation sites (N-methyl/N-ethyl adjacent to an activating group) is 1. The number of amides is 2. The molecular formula is C19H29N3O3. The fourth-order valence-corrected chi connectivity index (χ4v) is 3.32. The summed E-state index contributed by atoms with van der Waals surface area (Å²) in [5.74, 6) is -0.358. The van der Waals surface area contributed by atoms with E-state index >= 15 is 0 Å². The van der Waals surface area contributed by atoms with E-state index in [2.05, 4.69) is 29.6 Å². The van der Waals surface area contributed by atoms with Crippen LogP contribution in [0, 0.1) is 0 Å². The van der Waals surface area contributed by atoms with Crippen LogP contribution in [0.4, 0.5) is 10.5 Å². The zero-order chi connectivity index (χ0) is 18.3. The normalized spacial score (nSPS) is 16.3. The highest BCUT2D eigenvalue weighted by atomic mass is 16.5. The van der Waals surface area contributed by atoms with Crippen LogP contribution in [0.5, 0.6) is 0 Å². The maximum Gasteiger partial charge on any atom is 0.338 e. The number of hydrogen-bond donors (Lipinski definition) is 2. The molecule has 0 aliphatic heterocycles. The molecule has 0 spiro atoms. The molecule has 0 aromatic heterocycles. The summed E-state index contributed by atoms with van der Waals surface area (Å²) >= 11 is 0. The predicted octanol–water partition coefficient (Wildman–Crippen LogP) is 3.25. The van der Waals surface area contributed by atoms with Crippen LogP contribution in [0.25, 0.3) is 0 Å². The standard InChI is InChI=1S/C19H29N3O3/c1-4-25-17(23)15-8-10-16(11-9-15)21-18(24)20-14-19(22(2)3)12-6-5-7-13-19/h8-11H,4-7,12-14H2,1-3H3,(H2,20,21,24). The summed E-state index contributed by atoms with van der Waals surface area (Å²) in [6.07, 6.45) is 5.89. The minimum Gasteiger partial charge on any atom is -0.462 e. The Hall–Kier alpha value is -2.08. The van der Waals surface area contributed by atoms with E-state index in [4.69, 9.17) is 4.74 Å². The molecule has 1 aliphatic rings. The smallest absolute Gasteiger partial charge is 0.338 e. The first-order valence-electron chi connectivity index (χ1n) is 8.96. The van der Waals surface area contributed by atoms with E-state index in [0.717, 1.165) is 12.8 Å². The van der Waals surface area contributed by atoms with Crippen LogP contribution in [0.15, 0.2) is 24.3 Å². The second kappa shape index (κ2) is 8.85. The van der Waals surface area contributed by atoms with Crippen molar-refractivity contribution in [2.75, 3.05) is 32.6 Å². The van der Waals surface area contributed by atoms with E-state index in [9.17, 15) is 9.59 Å². The summed E-state index contributed by atoms with van der Waals surface area (Å²) < 4.78 is 4.94. The lowest BCUT2D eigenvalue weighted by atomic mass is 9.80. The fraction of sp³-hybridized carbons (Fsp3) is 0.579. The zero-order valence-corrected chi connectivity index (χ0v) is 15.4. The molecule has 0 unspecified atom stereocenters. The Morgan fingerprint density at radius 2 is 1.76 bits per heavy atom. The Morgan fingerprint density at radius 3 is 2.32 bits per heavy atom. The Morgan fingerprint density at radius 1 is 1.12 bits per heavy atom. The van der Waals surface area contributed by atoms with Gasteiger partial charge in [-0.15, -0.1) is 0 Å². The molecule has 6 nitrogen and oxygen atoms in total. The molecule has 1 aliphatic carbocycles. The highest BCUT2D eigenvalue weighted by Gasteiger charge is 2.34. The molecule has 0 bridgehead atoms. The lowest BCUT2D eigenvalue weighted by Gasteiger charge is -2.43. The Labute approximate surface area is 149 Å². The topological polar surface area (TPSA) is 70.7 Å². The highest BCUT2D eigenvalue weighted by Crippen LogP contribution is 2.31. The van der Waals surface area contributed by atoms with E-state index in [-0.39, 0.29) is 17.5 Å². The maximum absolute atomic E-state index is 12.2. The molecule has 2 amide bonds. The third-order valence-corrected chi connectivity index (χ3v) is 4.96. The third-order valence-electron chi connectivity index (χ3n) is 4.96. The third kappa shape index (κ3) is 5.19. The second-order valence-electron chi connectivity index (χ2n) is 6.78. The number of carbonyl (C=O) groups is 2. The van der Waals surface area contributed by atoms with Gasteiger partial charge < -0.3 is 20.3 Å². The Kier molecular flexibility index (Phi) is 6.82. The quantitative estimate of drug-likeness (QED) is 0.775. The molecule has 1 saturated carbocycles. The van der Waals surface area contributed by atoms with Gasteiger partial charge in [0.25, 0.3) is 0 Å². The molecule has 1 aromatic rings. The SMILES string of the molecule is CCOC(=O)c1ccc(NC(=O)NCC2(N(C)C)CCCCC2)cc1. The lowest BCUT2D eigenvalue weighted by molar-refractivity contribution is 0.0526. The molecule has 0 saturated heterocycles. The summed E-state index contributed by atoms with van der Waals surface area (Å²) in [7, 11) is 4.16. The zero-order valence-electron chi connectivity index (χ0n) is 15.4. The largest absolute Gasteiger partial charge is 0.462 e. The summed E-state index contributed by atoms with van der Waals surface area (Å²) in [5, 5.41) is 5.81. The molecule has 0 radical (unpaired) electrons. The number of carbonyl (C=O) groups excluding carboxylic acids is 2. The number of urea groups is 1. The minimum absolute atomic E-state index is 0.0450. The summed E-state index contributed by atoms with van der Waals surface area (Å²) in [6.45, 7) is 2.74. The number of rotatable bonds is 6. The van der Waals surface area contributed by atoms with E-state index in [1.807, 2.05) is 0 Å². The van der Waals surface area contributed by atoms with Crippen molar-refractivity contribution in [2.45, 2.75) is 44.6 Å². The van der Waals surface area contributed by atoms with Crippen molar-refractivity contribution in [1.82, 2.24) is 10.2 Å². The van der Waals surface area contributed by atoms with Crippen LogP contribution in [-0.2, 0) is 4.74 Å². The van der Waals surface area contributed by atoms with E-state index in [1.165, 1.54) is 19.3 Å². The van der Waals surface area contributed by atoms with Gasteiger partial charge in [0.1, 0.15) is 0 Å². The lowest BCUT2D eigenvalue weighted by Crippen LogP contribution is -2.54. The second-order valence-corrected chi connectivity index (χ2v) is 6.78. The van der Waals surface area contributed by atoms with Gasteiger partial charge in [-0.2, -0.15) is 0 Å². The van der Waals surface area contributed by atoms with Gasteiger partial charge in [0, 0.05) is 17.8 Å². The molecule has 2 N–H and O–H groups in total. The fourth-order valence-electron chi connectivity index (χ4n) is 3.32. The summed E-state index contributed by atoms with van der Waals surface area (Å²) in [4.78, 5) is 26.1. The number of benzene rings is 1. The Bertz CT molecular complexity index is 578. The van der Waals surface area contributed by atoms with Gasteiger partial charge >= 0.3 is 12.0 Å². The monoisotopic (exact) mass is 347 g/mol. The molecular weight excluding hydrogens is 318 g/mol. The first kappa shape index (κ1) is 19.2. The first-order valence-corrected chi connectivity index (χ1v) is 8.96. The van der Waals surface area contributed by atoms with Gasteiger partial charge in [-0.1, -0.05) is 19.3 Å². The van der Waals surface area contributed by atoms with Crippen molar-refractivity contribution in [1.29, 1.82) is 0 Å². The van der Waals surface area contributed by atoms with Gasteiger partial charge in [-0.3, -0.25) is 0 Å². The van der Waals surface area contributed by atoms with Crippen LogP contribution in [-0.4, -0.2) is 49.7 Å². The number of esters is 1. The number of ether oxygens (including phenoxy) is 1. The van der Waals surface area contributed by atoms with Crippen molar-refractivity contribution in [3.05, 3.63) is 29.8 Å². The molecule has 6 heteroatoms. The van der Waals surface area contributed by atoms with Crippen LogP contribution >= 0.6 is 0 Å². The summed E-state index contributed by atoms with van der Waals surface area (Å²) in [6, 6.07) is 6.48. The molecule has 1 fully saturated rings.